The zero-order valence-electron chi connectivity index (χ0n) is 17.9. The number of methoxy groups -OCH3 is 2. The predicted octanol–water partition coefficient (Wildman–Crippen LogP) is 4.32. The maximum Gasteiger partial charge on any atom is 0.421 e. The third-order valence-electron chi connectivity index (χ3n) is 5.50. The summed E-state index contributed by atoms with van der Waals surface area (Å²) in [6.45, 7) is 5.11. The highest BCUT2D eigenvalue weighted by Gasteiger charge is 2.61. The number of amides is 2. The van der Waals surface area contributed by atoms with Crippen molar-refractivity contribution in [2.24, 2.45) is 0 Å². The lowest BCUT2D eigenvalue weighted by Crippen LogP contribution is -2.48. The molecule has 162 valence electrons. The van der Waals surface area contributed by atoms with Gasteiger partial charge >= 0.3 is 6.09 Å². The molecule has 7 nitrogen and oxygen atoms in total. The number of hydrogen-bond donors (Lipinski definition) is 0. The van der Waals surface area contributed by atoms with Gasteiger partial charge in [-0.1, -0.05) is 17.7 Å². The molecule has 0 saturated carbocycles. The molecule has 1 atom stereocenters. The number of rotatable bonds is 2. The fraction of sp³-hybridized carbons (Fsp3) is 0.348. The highest BCUT2D eigenvalue weighted by atomic mass is 35.5. The molecule has 0 radical (unpaired) electrons. The average Bonchev–Trinajstić information content (AvgIpc) is 3.11. The Balaban J connectivity index is 1.88. The maximum absolute atomic E-state index is 13.7. The molecule has 2 aromatic rings. The molecule has 0 fully saturated rings. The Morgan fingerprint density at radius 2 is 1.71 bits per heavy atom. The van der Waals surface area contributed by atoms with Gasteiger partial charge < -0.3 is 14.2 Å². The summed E-state index contributed by atoms with van der Waals surface area (Å²) in [6.07, 6.45) is -0.759. The summed E-state index contributed by atoms with van der Waals surface area (Å²) in [7, 11) is 2.97. The van der Waals surface area contributed by atoms with Crippen molar-refractivity contribution in [3.05, 3.63) is 52.0 Å². The van der Waals surface area contributed by atoms with Gasteiger partial charge in [0, 0.05) is 16.1 Å². The minimum absolute atomic E-state index is 0.0916. The molecule has 31 heavy (non-hydrogen) atoms. The summed E-state index contributed by atoms with van der Waals surface area (Å²) >= 11 is 6.17. The van der Waals surface area contributed by atoms with Crippen molar-refractivity contribution >= 4 is 35.1 Å². The maximum atomic E-state index is 13.7. The van der Waals surface area contributed by atoms with Crippen LogP contribution in [0.5, 0.6) is 11.5 Å². The topological polar surface area (TPSA) is 82.1 Å². The van der Waals surface area contributed by atoms with E-state index in [2.05, 4.69) is 0 Å². The fourth-order valence-electron chi connectivity index (χ4n) is 4.22. The van der Waals surface area contributed by atoms with E-state index in [1.54, 1.807) is 45.0 Å². The normalized spacial score (nSPS) is 19.5. The van der Waals surface area contributed by atoms with Gasteiger partial charge in [0.15, 0.2) is 17.3 Å². The van der Waals surface area contributed by atoms with Gasteiger partial charge in [0.05, 0.1) is 19.9 Å². The Kier molecular flexibility index (Phi) is 4.77. The van der Waals surface area contributed by atoms with E-state index in [1.807, 2.05) is 0 Å². The first-order valence-corrected chi connectivity index (χ1v) is 10.1. The number of anilines is 1. The number of imide groups is 1. The van der Waals surface area contributed by atoms with E-state index in [-0.39, 0.29) is 12.1 Å². The molecule has 2 aliphatic rings. The molecule has 1 spiro atoms. The van der Waals surface area contributed by atoms with Crippen molar-refractivity contribution in [1.82, 2.24) is 0 Å². The van der Waals surface area contributed by atoms with Crippen LogP contribution in [0.25, 0.3) is 0 Å². The molecular formula is C23H22ClNO6. The van der Waals surface area contributed by atoms with E-state index >= 15 is 0 Å². The van der Waals surface area contributed by atoms with Crippen LogP contribution < -0.4 is 14.4 Å². The molecule has 1 heterocycles. The minimum atomic E-state index is -1.57. The molecular weight excluding hydrogens is 422 g/mol. The quantitative estimate of drug-likeness (QED) is 0.643. The number of fused-ring (bicyclic) bond motifs is 3. The van der Waals surface area contributed by atoms with Crippen LogP contribution >= 0.6 is 11.6 Å². The molecule has 8 heteroatoms. The van der Waals surface area contributed by atoms with Crippen molar-refractivity contribution in [3.63, 3.8) is 0 Å². The largest absolute Gasteiger partial charge is 0.493 e. The zero-order valence-corrected chi connectivity index (χ0v) is 18.6. The SMILES string of the molecule is COc1cc2c(cc1OC)C(=O)[C@]1(C2)C(=O)N(C(=O)OC(C)(C)C)c2cc(Cl)ccc21. The van der Waals surface area contributed by atoms with Gasteiger partial charge in [-0.05, 0) is 57.0 Å². The second kappa shape index (κ2) is 6.99. The molecule has 4 rings (SSSR count). The molecule has 0 aromatic heterocycles. The molecule has 0 bridgehead atoms. The summed E-state index contributed by atoms with van der Waals surface area (Å²) < 4.78 is 16.1. The van der Waals surface area contributed by atoms with Gasteiger partial charge in [-0.2, -0.15) is 0 Å². The number of ketones is 1. The Morgan fingerprint density at radius 1 is 1.06 bits per heavy atom. The third-order valence-corrected chi connectivity index (χ3v) is 5.74. The second-order valence-corrected chi connectivity index (χ2v) is 8.99. The second-order valence-electron chi connectivity index (χ2n) is 8.56. The molecule has 2 aromatic carbocycles. The van der Waals surface area contributed by atoms with E-state index in [0.29, 0.717) is 33.2 Å². The monoisotopic (exact) mass is 443 g/mol. The summed E-state index contributed by atoms with van der Waals surface area (Å²) in [6, 6.07) is 8.00. The van der Waals surface area contributed by atoms with Crippen molar-refractivity contribution in [3.8, 4) is 11.5 Å². The summed E-state index contributed by atoms with van der Waals surface area (Å²) in [5, 5.41) is 0.337. The molecule has 1 aliphatic heterocycles. The highest BCUT2D eigenvalue weighted by Crippen LogP contribution is 2.52. The van der Waals surface area contributed by atoms with Crippen molar-refractivity contribution < 1.29 is 28.6 Å². The summed E-state index contributed by atoms with van der Waals surface area (Å²) in [4.78, 5) is 41.3. The van der Waals surface area contributed by atoms with Crippen LogP contribution in [0.4, 0.5) is 10.5 Å². The lowest BCUT2D eigenvalue weighted by atomic mass is 9.78. The smallest absolute Gasteiger partial charge is 0.421 e. The minimum Gasteiger partial charge on any atom is -0.493 e. The lowest BCUT2D eigenvalue weighted by Gasteiger charge is -2.25. The number of Topliss-reactive ketones (excluding diaryl/α,β-unsaturated/α-hetero) is 1. The summed E-state index contributed by atoms with van der Waals surface area (Å²) in [5.74, 6) is -0.212. The van der Waals surface area contributed by atoms with Gasteiger partial charge in [0.2, 0.25) is 0 Å². The first kappa shape index (κ1) is 21.2. The highest BCUT2D eigenvalue weighted by molar-refractivity contribution is 6.35. The molecule has 1 aliphatic carbocycles. The summed E-state index contributed by atoms with van der Waals surface area (Å²) in [5.41, 5.74) is -0.717. The Labute approximate surface area is 184 Å². The van der Waals surface area contributed by atoms with E-state index < -0.39 is 28.8 Å². The van der Waals surface area contributed by atoms with Crippen LogP contribution in [0.1, 0.15) is 42.3 Å². The first-order valence-electron chi connectivity index (χ1n) is 9.71. The van der Waals surface area contributed by atoms with Crippen LogP contribution in [0.15, 0.2) is 30.3 Å². The predicted molar refractivity (Wildman–Crippen MR) is 114 cm³/mol. The number of nitrogens with zero attached hydrogens (tertiary/aromatic N) is 1. The van der Waals surface area contributed by atoms with Gasteiger partial charge in [-0.25, -0.2) is 9.69 Å². The van der Waals surface area contributed by atoms with Crippen molar-refractivity contribution in [2.45, 2.75) is 38.2 Å². The van der Waals surface area contributed by atoms with Gasteiger partial charge in [-0.3, -0.25) is 9.59 Å². The van der Waals surface area contributed by atoms with Gasteiger partial charge in [0.25, 0.3) is 5.91 Å². The Morgan fingerprint density at radius 3 is 2.32 bits per heavy atom. The average molecular weight is 444 g/mol. The van der Waals surface area contributed by atoms with Crippen molar-refractivity contribution in [1.29, 1.82) is 0 Å². The van der Waals surface area contributed by atoms with Crippen LogP contribution in [-0.2, 0) is 21.4 Å². The van der Waals surface area contributed by atoms with E-state index in [9.17, 15) is 14.4 Å². The number of ether oxygens (including phenoxy) is 3. The van der Waals surface area contributed by atoms with Crippen LogP contribution in [0.3, 0.4) is 0 Å². The van der Waals surface area contributed by atoms with E-state index in [4.69, 9.17) is 25.8 Å². The van der Waals surface area contributed by atoms with Gasteiger partial charge in [0.1, 0.15) is 11.0 Å². The standard InChI is InChI=1S/C23H22ClNO6/c1-22(2,3)31-21(28)25-16-9-13(24)6-7-15(16)23(20(25)27)11-12-8-17(29-4)18(30-5)10-14(12)19(23)26/h6-10H,11H2,1-5H3/t23-/m1/s1. The van der Waals surface area contributed by atoms with Crippen LogP contribution in [-0.4, -0.2) is 37.6 Å². The van der Waals surface area contributed by atoms with E-state index in [1.165, 1.54) is 20.3 Å². The molecule has 0 unspecified atom stereocenters. The zero-order chi connectivity index (χ0) is 22.7. The number of hydrogen-bond acceptors (Lipinski definition) is 6. The third kappa shape index (κ3) is 3.07. The van der Waals surface area contributed by atoms with Gasteiger partial charge in [-0.15, -0.1) is 0 Å². The number of carbonyl (C=O) groups is 3. The fourth-order valence-corrected chi connectivity index (χ4v) is 4.39. The molecule has 2 amide bonds. The van der Waals surface area contributed by atoms with Crippen LogP contribution in [0, 0.1) is 0 Å². The van der Waals surface area contributed by atoms with Crippen molar-refractivity contribution in [2.75, 3.05) is 19.1 Å². The number of carbonyl (C=O) groups excluding carboxylic acids is 3. The number of halogens is 1. The Hall–Kier alpha value is -3.06. The molecule has 0 N–H and O–H groups in total. The Bertz CT molecular complexity index is 1140. The lowest BCUT2D eigenvalue weighted by molar-refractivity contribution is -0.121. The van der Waals surface area contributed by atoms with E-state index in [0.717, 1.165) is 4.90 Å². The first-order chi connectivity index (χ1) is 14.5. The number of benzene rings is 2. The van der Waals surface area contributed by atoms with Crippen LogP contribution in [0.2, 0.25) is 5.02 Å². The molecule has 0 saturated heterocycles.